The summed E-state index contributed by atoms with van der Waals surface area (Å²) < 4.78 is 63.0. The van der Waals surface area contributed by atoms with Gasteiger partial charge in [-0.25, -0.2) is 14.0 Å². The van der Waals surface area contributed by atoms with Gasteiger partial charge in [0.1, 0.15) is 17.8 Å². The molecule has 1 fully saturated rings. The molecule has 1 aliphatic rings. The maximum Gasteiger partial charge on any atom is 0.416 e. The molecule has 0 spiro atoms. The molecule has 0 unspecified atom stereocenters. The minimum absolute atomic E-state index is 0.0181. The van der Waals surface area contributed by atoms with Gasteiger partial charge >= 0.3 is 18.2 Å². The Labute approximate surface area is 210 Å². The molecule has 1 N–H and O–H groups in total. The van der Waals surface area contributed by atoms with Gasteiger partial charge in [0.25, 0.3) is 0 Å². The fourth-order valence-corrected chi connectivity index (χ4v) is 3.80. The Morgan fingerprint density at radius 2 is 1.78 bits per heavy atom. The topological polar surface area (TPSA) is 97.8 Å². The highest BCUT2D eigenvalue weighted by atomic mass is 19.4. The summed E-state index contributed by atoms with van der Waals surface area (Å²) in [5, 5.41) is 2.60. The number of alkyl halides is 4. The molecule has 2 atom stereocenters. The minimum atomic E-state index is -4.52. The Kier molecular flexibility index (Phi) is 8.09. The third-order valence-electron chi connectivity index (χ3n) is 5.51. The number of nitrogens with zero attached hydrogens (tertiary/aromatic N) is 2. The molecule has 2 amide bonds. The number of halogens is 4. The number of esters is 1. The molecular formula is C25H27F4N3O5. The molecule has 2 aromatic rings. The zero-order valence-electron chi connectivity index (χ0n) is 20.7. The van der Waals surface area contributed by atoms with Crippen molar-refractivity contribution in [1.82, 2.24) is 15.2 Å². The maximum atomic E-state index is 14.1. The van der Waals surface area contributed by atoms with E-state index in [-0.39, 0.29) is 36.3 Å². The molecule has 1 saturated heterocycles. The highest BCUT2D eigenvalue weighted by Gasteiger charge is 2.41. The number of benzene rings is 1. The Bertz CT molecular complexity index is 1160. The first-order chi connectivity index (χ1) is 17.2. The number of aromatic nitrogens is 1. The number of methoxy groups -OCH3 is 1. The van der Waals surface area contributed by atoms with Gasteiger partial charge in [0, 0.05) is 12.6 Å². The number of carbonyl (C=O) groups is 3. The van der Waals surface area contributed by atoms with Gasteiger partial charge in [-0.1, -0.05) is 12.1 Å². The van der Waals surface area contributed by atoms with Gasteiger partial charge in [-0.2, -0.15) is 13.2 Å². The van der Waals surface area contributed by atoms with Gasteiger partial charge in [-0.3, -0.25) is 14.7 Å². The van der Waals surface area contributed by atoms with E-state index in [9.17, 15) is 31.9 Å². The Balaban J connectivity index is 1.80. The minimum Gasteiger partial charge on any atom is -0.465 e. The lowest BCUT2D eigenvalue weighted by Gasteiger charge is -2.27. The van der Waals surface area contributed by atoms with Crippen LogP contribution in [0.1, 0.15) is 48.8 Å². The normalized spacial score (nSPS) is 17.9. The number of rotatable bonds is 5. The van der Waals surface area contributed by atoms with Crippen molar-refractivity contribution in [3.63, 3.8) is 0 Å². The maximum absolute atomic E-state index is 14.1. The molecule has 200 valence electrons. The zero-order chi connectivity index (χ0) is 27.5. The van der Waals surface area contributed by atoms with Crippen molar-refractivity contribution in [1.29, 1.82) is 0 Å². The molecule has 3 rings (SSSR count). The van der Waals surface area contributed by atoms with E-state index in [2.05, 4.69) is 10.3 Å². The Hall–Kier alpha value is -3.70. The summed E-state index contributed by atoms with van der Waals surface area (Å²) in [6.45, 7) is 4.53. The van der Waals surface area contributed by atoms with Gasteiger partial charge in [-0.15, -0.1) is 0 Å². The lowest BCUT2D eigenvalue weighted by Crippen LogP contribution is -2.47. The van der Waals surface area contributed by atoms with Crippen LogP contribution in [0.3, 0.4) is 0 Å². The summed E-state index contributed by atoms with van der Waals surface area (Å²) in [6.07, 6.45) is -5.73. The number of ether oxygens (including phenoxy) is 2. The van der Waals surface area contributed by atoms with E-state index in [0.29, 0.717) is 5.56 Å². The van der Waals surface area contributed by atoms with Gasteiger partial charge in [0.05, 0.1) is 37.0 Å². The van der Waals surface area contributed by atoms with Gasteiger partial charge in [0.2, 0.25) is 5.91 Å². The Morgan fingerprint density at radius 1 is 1.14 bits per heavy atom. The van der Waals surface area contributed by atoms with Crippen LogP contribution in [0.15, 0.2) is 36.5 Å². The highest BCUT2D eigenvalue weighted by Crippen LogP contribution is 2.32. The molecule has 8 nitrogen and oxygen atoms in total. The summed E-state index contributed by atoms with van der Waals surface area (Å²) in [4.78, 5) is 42.6. The third kappa shape index (κ3) is 6.95. The van der Waals surface area contributed by atoms with Crippen molar-refractivity contribution in [3.05, 3.63) is 53.3 Å². The molecule has 1 aromatic carbocycles. The van der Waals surface area contributed by atoms with Gasteiger partial charge in [0.15, 0.2) is 0 Å². The molecule has 1 aliphatic heterocycles. The van der Waals surface area contributed by atoms with Crippen LogP contribution >= 0.6 is 0 Å². The smallest absolute Gasteiger partial charge is 0.416 e. The van der Waals surface area contributed by atoms with Crippen LogP contribution in [-0.2, 0) is 27.0 Å². The van der Waals surface area contributed by atoms with E-state index in [1.165, 1.54) is 24.4 Å². The van der Waals surface area contributed by atoms with Crippen molar-refractivity contribution >= 4 is 18.0 Å². The molecule has 0 radical (unpaired) electrons. The van der Waals surface area contributed by atoms with E-state index in [1.54, 1.807) is 20.8 Å². The van der Waals surface area contributed by atoms with Crippen LogP contribution in [0.25, 0.3) is 11.1 Å². The zero-order valence-corrected chi connectivity index (χ0v) is 20.7. The second-order valence-corrected chi connectivity index (χ2v) is 9.49. The van der Waals surface area contributed by atoms with Crippen LogP contribution < -0.4 is 5.32 Å². The number of nitrogens with one attached hydrogen (secondary N) is 1. The van der Waals surface area contributed by atoms with E-state index in [1.807, 2.05) is 0 Å². The predicted octanol–water partition coefficient (Wildman–Crippen LogP) is 4.52. The largest absolute Gasteiger partial charge is 0.465 e. The van der Waals surface area contributed by atoms with E-state index in [0.717, 1.165) is 24.1 Å². The highest BCUT2D eigenvalue weighted by molar-refractivity contribution is 5.97. The van der Waals surface area contributed by atoms with Crippen LogP contribution in [0, 0.1) is 0 Å². The lowest BCUT2D eigenvalue weighted by molar-refractivity contribution is -0.137. The quantitative estimate of drug-likeness (QED) is 0.456. The standard InChI is InChI=1S/C25H27F4N3O5/c1-24(2,3)37-23(35)32-13-16(26)9-20(32)21(33)31-11-17-10-18(19(12-30-17)22(34)36-4)14-5-7-15(8-6-14)25(27,28)29/h5-8,10,12,16,20H,9,11,13H2,1-4H3,(H,31,33)/t16-,20+/m1/s1. The first-order valence-corrected chi connectivity index (χ1v) is 11.4. The number of amides is 2. The summed E-state index contributed by atoms with van der Waals surface area (Å²) in [5.74, 6) is -1.37. The molecule has 37 heavy (non-hydrogen) atoms. The van der Waals surface area contributed by atoms with Crippen molar-refractivity contribution in [2.75, 3.05) is 13.7 Å². The first kappa shape index (κ1) is 27.9. The number of pyridine rings is 1. The first-order valence-electron chi connectivity index (χ1n) is 11.4. The second kappa shape index (κ2) is 10.7. The summed E-state index contributed by atoms with van der Waals surface area (Å²) >= 11 is 0. The average molecular weight is 525 g/mol. The molecule has 0 saturated carbocycles. The van der Waals surface area contributed by atoms with Crippen molar-refractivity contribution in [2.24, 2.45) is 0 Å². The van der Waals surface area contributed by atoms with Gasteiger partial charge in [-0.05, 0) is 50.1 Å². The van der Waals surface area contributed by atoms with Crippen molar-refractivity contribution in [3.8, 4) is 11.1 Å². The van der Waals surface area contributed by atoms with Crippen LogP contribution in [0.4, 0.5) is 22.4 Å². The average Bonchev–Trinajstić information content (AvgIpc) is 3.22. The molecule has 12 heteroatoms. The SMILES string of the molecule is COC(=O)c1cnc(CNC(=O)[C@@H]2C[C@@H](F)CN2C(=O)OC(C)(C)C)cc1-c1ccc(C(F)(F)F)cc1. The molecule has 1 aromatic heterocycles. The van der Waals surface area contributed by atoms with Crippen LogP contribution in [0.5, 0.6) is 0 Å². The number of likely N-dealkylation sites (tertiary alicyclic amines) is 1. The number of carbonyl (C=O) groups excluding carboxylic acids is 3. The van der Waals surface area contributed by atoms with Gasteiger partial charge < -0.3 is 14.8 Å². The molecule has 0 aliphatic carbocycles. The second-order valence-electron chi connectivity index (χ2n) is 9.49. The van der Waals surface area contributed by atoms with E-state index in [4.69, 9.17) is 9.47 Å². The van der Waals surface area contributed by atoms with Crippen LogP contribution in [-0.4, -0.2) is 59.3 Å². The summed E-state index contributed by atoms with van der Waals surface area (Å²) in [6, 6.07) is 4.55. The molecule has 0 bridgehead atoms. The number of hydrogen-bond acceptors (Lipinski definition) is 6. The Morgan fingerprint density at radius 3 is 2.35 bits per heavy atom. The molecule has 2 heterocycles. The van der Waals surface area contributed by atoms with E-state index >= 15 is 0 Å². The third-order valence-corrected chi connectivity index (χ3v) is 5.51. The number of hydrogen-bond donors (Lipinski definition) is 1. The summed E-state index contributed by atoms with van der Waals surface area (Å²) in [5.41, 5.74) is -0.837. The fourth-order valence-electron chi connectivity index (χ4n) is 3.80. The summed E-state index contributed by atoms with van der Waals surface area (Å²) in [7, 11) is 1.16. The predicted molar refractivity (Wildman–Crippen MR) is 124 cm³/mol. The molecular weight excluding hydrogens is 498 g/mol. The van der Waals surface area contributed by atoms with Crippen molar-refractivity contribution in [2.45, 2.75) is 57.7 Å². The lowest BCUT2D eigenvalue weighted by atomic mass is 9.99. The van der Waals surface area contributed by atoms with Crippen LogP contribution in [0.2, 0.25) is 0 Å². The van der Waals surface area contributed by atoms with E-state index < -0.39 is 47.5 Å². The fraction of sp³-hybridized carbons (Fsp3) is 0.440. The van der Waals surface area contributed by atoms with Crippen molar-refractivity contribution < 1.29 is 41.4 Å². The monoisotopic (exact) mass is 525 g/mol.